The quantitative estimate of drug-likeness (QED) is 0.266. The van der Waals surface area contributed by atoms with Crippen LogP contribution >= 0.6 is 0 Å². The van der Waals surface area contributed by atoms with Gasteiger partial charge in [-0.3, -0.25) is 19.4 Å². The minimum atomic E-state index is -3.92. The van der Waals surface area contributed by atoms with Crippen molar-refractivity contribution in [2.45, 2.75) is 17.9 Å². The Morgan fingerprint density at radius 2 is 1.35 bits per heavy atom. The van der Waals surface area contributed by atoms with Gasteiger partial charge in [-0.1, -0.05) is 54.6 Å². The SMILES string of the molecule is COc1cc(CCN2C(=O)c3cccc4cccc(c34)C2=O)c(S(=O)(=O)N2CCN(Cc3ccccc3)CC2)cc1OC. The lowest BCUT2D eigenvalue weighted by atomic mass is 9.94. The highest BCUT2D eigenvalue weighted by molar-refractivity contribution is 7.89. The molecule has 2 heterocycles. The third kappa shape index (κ3) is 5.37. The summed E-state index contributed by atoms with van der Waals surface area (Å²) in [6.07, 6.45) is 0.124. The number of carbonyl (C=O) groups is 2. The van der Waals surface area contributed by atoms with Crippen molar-refractivity contribution in [1.82, 2.24) is 14.1 Å². The zero-order valence-corrected chi connectivity index (χ0v) is 25.0. The van der Waals surface area contributed by atoms with Gasteiger partial charge in [0.2, 0.25) is 10.0 Å². The van der Waals surface area contributed by atoms with Crippen LogP contribution in [0.3, 0.4) is 0 Å². The summed E-state index contributed by atoms with van der Waals surface area (Å²) in [4.78, 5) is 30.5. The van der Waals surface area contributed by atoms with Crippen LogP contribution in [0.25, 0.3) is 10.8 Å². The predicted molar refractivity (Wildman–Crippen MR) is 163 cm³/mol. The van der Waals surface area contributed by atoms with Crippen LogP contribution in [-0.4, -0.2) is 81.3 Å². The minimum absolute atomic E-state index is 0.00520. The lowest BCUT2D eigenvalue weighted by Crippen LogP contribution is -2.48. The monoisotopic (exact) mass is 599 g/mol. The number of hydrogen-bond acceptors (Lipinski definition) is 7. The molecule has 2 aliphatic rings. The number of sulfonamides is 1. The highest BCUT2D eigenvalue weighted by Gasteiger charge is 2.35. The average molecular weight is 600 g/mol. The smallest absolute Gasteiger partial charge is 0.261 e. The molecule has 43 heavy (non-hydrogen) atoms. The van der Waals surface area contributed by atoms with E-state index in [1.807, 2.05) is 30.3 Å². The van der Waals surface area contributed by atoms with Gasteiger partial charge in [-0.25, -0.2) is 8.42 Å². The Kier molecular flexibility index (Phi) is 7.91. The summed E-state index contributed by atoms with van der Waals surface area (Å²) < 4.78 is 40.6. The van der Waals surface area contributed by atoms with Crippen molar-refractivity contribution in [1.29, 1.82) is 0 Å². The average Bonchev–Trinajstić information content (AvgIpc) is 3.03. The molecular formula is C33H33N3O6S. The van der Waals surface area contributed by atoms with Crippen LogP contribution in [0.2, 0.25) is 0 Å². The molecule has 2 aliphatic heterocycles. The highest BCUT2D eigenvalue weighted by Crippen LogP contribution is 2.36. The van der Waals surface area contributed by atoms with E-state index in [-0.39, 0.29) is 17.9 Å². The van der Waals surface area contributed by atoms with Gasteiger partial charge in [0.05, 0.1) is 19.1 Å². The van der Waals surface area contributed by atoms with Gasteiger partial charge in [-0.2, -0.15) is 4.31 Å². The van der Waals surface area contributed by atoms with E-state index in [0.717, 1.165) is 11.9 Å². The predicted octanol–water partition coefficient (Wildman–Crippen LogP) is 4.20. The number of imide groups is 1. The molecule has 2 amide bonds. The van der Waals surface area contributed by atoms with Crippen LogP contribution in [0.5, 0.6) is 11.5 Å². The zero-order valence-electron chi connectivity index (χ0n) is 24.2. The van der Waals surface area contributed by atoms with Gasteiger partial charge in [0, 0.05) is 61.8 Å². The molecule has 0 bridgehead atoms. The summed E-state index contributed by atoms with van der Waals surface area (Å²) in [7, 11) is -0.984. The summed E-state index contributed by atoms with van der Waals surface area (Å²) >= 11 is 0. The van der Waals surface area contributed by atoms with Gasteiger partial charge in [-0.05, 0) is 41.1 Å². The van der Waals surface area contributed by atoms with Crippen molar-refractivity contribution in [3.05, 3.63) is 101 Å². The minimum Gasteiger partial charge on any atom is -0.493 e. The number of amides is 2. The van der Waals surface area contributed by atoms with Gasteiger partial charge in [-0.15, -0.1) is 0 Å². The summed E-state index contributed by atoms with van der Waals surface area (Å²) in [6.45, 7) is 2.63. The summed E-state index contributed by atoms with van der Waals surface area (Å²) in [6, 6.07) is 24.0. The first kappa shape index (κ1) is 28.9. The number of carbonyl (C=O) groups excluding carboxylic acids is 2. The van der Waals surface area contributed by atoms with Crippen molar-refractivity contribution >= 4 is 32.6 Å². The van der Waals surface area contributed by atoms with Gasteiger partial charge in [0.1, 0.15) is 0 Å². The lowest BCUT2D eigenvalue weighted by Gasteiger charge is -2.34. The molecule has 0 unspecified atom stereocenters. The molecule has 6 rings (SSSR count). The first-order chi connectivity index (χ1) is 20.8. The molecule has 0 aliphatic carbocycles. The second-order valence-electron chi connectivity index (χ2n) is 10.7. The number of ether oxygens (including phenoxy) is 2. The summed E-state index contributed by atoms with van der Waals surface area (Å²) in [5.41, 5.74) is 2.55. The summed E-state index contributed by atoms with van der Waals surface area (Å²) in [5.74, 6) is -0.128. The standard InChI is InChI=1S/C33H33N3O6S/c1-41-28-20-25(14-15-36-32(37)26-12-6-10-24-11-7-13-27(31(24)26)33(36)38)30(21-29(28)42-2)43(39,40)35-18-16-34(17-19-35)22-23-8-4-3-5-9-23/h3-13,20-21H,14-19,22H2,1-2H3. The molecule has 0 spiro atoms. The van der Waals surface area contributed by atoms with Crippen molar-refractivity contribution in [3.8, 4) is 11.5 Å². The topological polar surface area (TPSA) is 96.5 Å². The molecule has 0 atom stereocenters. The Morgan fingerprint density at radius 3 is 1.95 bits per heavy atom. The normalized spacial score (nSPS) is 16.1. The molecule has 9 nitrogen and oxygen atoms in total. The van der Waals surface area contributed by atoms with Gasteiger partial charge in [0.25, 0.3) is 11.8 Å². The second kappa shape index (κ2) is 11.8. The fourth-order valence-corrected chi connectivity index (χ4v) is 7.63. The molecule has 10 heteroatoms. The fourth-order valence-electron chi connectivity index (χ4n) is 5.96. The maximum atomic E-state index is 14.1. The van der Waals surface area contributed by atoms with Gasteiger partial charge in [0.15, 0.2) is 11.5 Å². The number of hydrogen-bond donors (Lipinski definition) is 0. The Morgan fingerprint density at radius 1 is 0.744 bits per heavy atom. The third-order valence-corrected chi connectivity index (χ3v) is 10.2. The molecule has 1 fully saturated rings. The maximum absolute atomic E-state index is 14.1. The van der Waals surface area contributed by atoms with Crippen LogP contribution in [-0.2, 0) is 23.0 Å². The van der Waals surface area contributed by atoms with Crippen LogP contribution in [0.15, 0.2) is 83.8 Å². The van der Waals surface area contributed by atoms with Crippen molar-refractivity contribution in [3.63, 3.8) is 0 Å². The molecule has 222 valence electrons. The Balaban J connectivity index is 1.26. The molecule has 0 saturated carbocycles. The highest BCUT2D eigenvalue weighted by atomic mass is 32.2. The largest absolute Gasteiger partial charge is 0.493 e. The van der Waals surface area contributed by atoms with Crippen molar-refractivity contribution < 1.29 is 27.5 Å². The molecular weight excluding hydrogens is 566 g/mol. The number of methoxy groups -OCH3 is 2. The van der Waals surface area contributed by atoms with Crippen LogP contribution in [0, 0.1) is 0 Å². The molecule has 4 aromatic rings. The number of nitrogens with zero attached hydrogens (tertiary/aromatic N) is 3. The van der Waals surface area contributed by atoms with E-state index in [4.69, 9.17) is 9.47 Å². The van der Waals surface area contributed by atoms with E-state index < -0.39 is 21.8 Å². The number of piperazine rings is 1. The first-order valence-electron chi connectivity index (χ1n) is 14.2. The maximum Gasteiger partial charge on any atom is 0.261 e. The van der Waals surface area contributed by atoms with E-state index >= 15 is 0 Å². The third-order valence-electron chi connectivity index (χ3n) is 8.23. The van der Waals surface area contributed by atoms with E-state index in [1.165, 1.54) is 35.1 Å². The second-order valence-corrected chi connectivity index (χ2v) is 12.6. The Bertz CT molecular complexity index is 1750. The van der Waals surface area contributed by atoms with Gasteiger partial charge < -0.3 is 9.47 Å². The molecule has 0 N–H and O–H groups in total. The van der Waals surface area contributed by atoms with Crippen LogP contribution in [0.4, 0.5) is 0 Å². The van der Waals surface area contributed by atoms with E-state index in [2.05, 4.69) is 17.0 Å². The molecule has 0 radical (unpaired) electrons. The van der Waals surface area contributed by atoms with Crippen LogP contribution in [0.1, 0.15) is 31.8 Å². The van der Waals surface area contributed by atoms with E-state index in [9.17, 15) is 18.0 Å². The van der Waals surface area contributed by atoms with E-state index in [0.29, 0.717) is 59.8 Å². The number of benzene rings is 4. The Hall–Kier alpha value is -4.25. The molecule has 4 aromatic carbocycles. The molecule has 0 aromatic heterocycles. The zero-order chi connectivity index (χ0) is 30.1. The van der Waals surface area contributed by atoms with Crippen molar-refractivity contribution in [2.75, 3.05) is 46.9 Å². The fraction of sp³-hybridized carbons (Fsp3) is 0.273. The molecule has 1 saturated heterocycles. The Labute approximate surface area is 251 Å². The van der Waals surface area contributed by atoms with Crippen molar-refractivity contribution in [2.24, 2.45) is 0 Å². The van der Waals surface area contributed by atoms with Crippen LogP contribution < -0.4 is 9.47 Å². The number of rotatable bonds is 9. The summed E-state index contributed by atoms with van der Waals surface area (Å²) in [5, 5.41) is 1.48. The van der Waals surface area contributed by atoms with E-state index in [1.54, 1.807) is 30.3 Å². The van der Waals surface area contributed by atoms with Gasteiger partial charge >= 0.3 is 0 Å². The first-order valence-corrected chi connectivity index (χ1v) is 15.6. The lowest BCUT2D eigenvalue weighted by molar-refractivity contribution is 0.0612.